The highest BCUT2D eigenvalue weighted by molar-refractivity contribution is 5.75. The highest BCUT2D eigenvalue weighted by Gasteiger charge is 2.06. The summed E-state index contributed by atoms with van der Waals surface area (Å²) in [5, 5.41) is 8.79. The molecule has 0 atom stereocenters. The van der Waals surface area contributed by atoms with Crippen molar-refractivity contribution in [1.82, 2.24) is 4.90 Å². The Bertz CT molecular complexity index is 302. The van der Waals surface area contributed by atoms with E-state index in [-0.39, 0.29) is 12.5 Å². The van der Waals surface area contributed by atoms with Crippen LogP contribution in [0.4, 0.5) is 0 Å². The highest BCUT2D eigenvalue weighted by atomic mass is 16.3. The molecule has 24 heavy (non-hydrogen) atoms. The van der Waals surface area contributed by atoms with Crippen LogP contribution >= 0.6 is 0 Å². The topological polar surface area (TPSA) is 40.5 Å². The van der Waals surface area contributed by atoms with Crippen LogP contribution in [-0.4, -0.2) is 36.1 Å². The number of likely N-dealkylation sites (N-methyl/N-ethyl adjacent to an activating group) is 1. The smallest absolute Gasteiger partial charge is 0.222 e. The fraction of sp³-hybridized carbons (Fsp3) is 0.857. The Balaban J connectivity index is 3.24. The molecule has 0 aliphatic carbocycles. The van der Waals surface area contributed by atoms with Crippen molar-refractivity contribution in [3.8, 4) is 0 Å². The molecule has 0 fully saturated rings. The Hall–Kier alpha value is -0.830. The number of hydrogen-bond donors (Lipinski definition) is 1. The molecule has 0 rings (SSSR count). The number of aliphatic hydroxyl groups excluding tert-OH is 1. The second-order valence-corrected chi connectivity index (χ2v) is 6.87. The van der Waals surface area contributed by atoms with E-state index in [1.165, 1.54) is 70.6 Å². The highest BCUT2D eigenvalue weighted by Crippen LogP contribution is 2.10. The summed E-state index contributed by atoms with van der Waals surface area (Å²) in [6.07, 6.45) is 21.9. The van der Waals surface area contributed by atoms with Gasteiger partial charge in [-0.15, -0.1) is 0 Å². The third-order valence-corrected chi connectivity index (χ3v) is 4.51. The summed E-state index contributed by atoms with van der Waals surface area (Å²) in [5.74, 6) is 0.154. The minimum Gasteiger partial charge on any atom is -0.395 e. The van der Waals surface area contributed by atoms with Gasteiger partial charge in [0, 0.05) is 20.0 Å². The molecule has 0 saturated heterocycles. The zero-order chi connectivity index (χ0) is 17.9. The molecule has 0 aromatic heterocycles. The lowest BCUT2D eigenvalue weighted by Crippen LogP contribution is -2.29. The Labute approximate surface area is 150 Å². The SMILES string of the molecule is CCCCCCCCC=CCCCCCCCC(=O)N(C)CCO. The predicted molar refractivity (Wildman–Crippen MR) is 104 cm³/mol. The van der Waals surface area contributed by atoms with Crippen LogP contribution in [0.2, 0.25) is 0 Å². The number of hydrogen-bond acceptors (Lipinski definition) is 2. The lowest BCUT2D eigenvalue weighted by atomic mass is 10.1. The average Bonchev–Trinajstić information content (AvgIpc) is 2.58. The molecule has 0 unspecified atom stereocenters. The molecule has 0 radical (unpaired) electrons. The first-order valence-electron chi connectivity index (χ1n) is 10.2. The van der Waals surface area contributed by atoms with E-state index < -0.39 is 0 Å². The van der Waals surface area contributed by atoms with Gasteiger partial charge in [0.2, 0.25) is 5.91 Å². The van der Waals surface area contributed by atoms with Gasteiger partial charge in [0.25, 0.3) is 0 Å². The molecular weight excluding hydrogens is 298 g/mol. The molecular formula is C21H41NO2. The van der Waals surface area contributed by atoms with E-state index in [9.17, 15) is 4.79 Å². The van der Waals surface area contributed by atoms with E-state index in [1.54, 1.807) is 11.9 Å². The van der Waals surface area contributed by atoms with Crippen LogP contribution in [0.25, 0.3) is 0 Å². The molecule has 0 bridgehead atoms. The molecule has 0 spiro atoms. The molecule has 1 amide bonds. The molecule has 0 saturated carbocycles. The molecule has 0 heterocycles. The van der Waals surface area contributed by atoms with Crippen LogP contribution in [0.15, 0.2) is 12.2 Å². The normalized spacial score (nSPS) is 11.3. The number of rotatable bonds is 17. The van der Waals surface area contributed by atoms with Gasteiger partial charge in [-0.2, -0.15) is 0 Å². The first-order chi connectivity index (χ1) is 11.7. The summed E-state index contributed by atoms with van der Waals surface area (Å²) >= 11 is 0. The van der Waals surface area contributed by atoms with E-state index in [2.05, 4.69) is 19.1 Å². The second kappa shape index (κ2) is 18.5. The first kappa shape index (κ1) is 23.2. The minimum absolute atomic E-state index is 0.0502. The van der Waals surface area contributed by atoms with Crippen LogP contribution in [-0.2, 0) is 4.79 Å². The van der Waals surface area contributed by atoms with Gasteiger partial charge in [0.1, 0.15) is 0 Å². The lowest BCUT2D eigenvalue weighted by Gasteiger charge is -2.15. The van der Waals surface area contributed by atoms with Gasteiger partial charge in [-0.05, 0) is 32.1 Å². The zero-order valence-corrected chi connectivity index (χ0v) is 16.3. The van der Waals surface area contributed by atoms with E-state index >= 15 is 0 Å². The first-order valence-corrected chi connectivity index (χ1v) is 10.2. The Morgan fingerprint density at radius 3 is 1.88 bits per heavy atom. The number of amides is 1. The molecule has 0 aromatic rings. The quantitative estimate of drug-likeness (QED) is 0.282. The van der Waals surface area contributed by atoms with Crippen molar-refractivity contribution in [1.29, 1.82) is 0 Å². The molecule has 1 N–H and O–H groups in total. The Kier molecular flexibility index (Phi) is 17.9. The van der Waals surface area contributed by atoms with Crippen molar-refractivity contribution in [3.63, 3.8) is 0 Å². The maximum atomic E-state index is 11.7. The Morgan fingerprint density at radius 1 is 0.833 bits per heavy atom. The van der Waals surface area contributed by atoms with E-state index in [0.29, 0.717) is 13.0 Å². The van der Waals surface area contributed by atoms with Gasteiger partial charge in [-0.3, -0.25) is 4.79 Å². The molecule has 0 aliphatic heterocycles. The zero-order valence-electron chi connectivity index (χ0n) is 16.3. The largest absolute Gasteiger partial charge is 0.395 e. The summed E-state index contributed by atoms with van der Waals surface area (Å²) < 4.78 is 0. The molecule has 3 nitrogen and oxygen atoms in total. The minimum atomic E-state index is 0.0502. The molecule has 0 aliphatic rings. The van der Waals surface area contributed by atoms with Crippen molar-refractivity contribution >= 4 is 5.91 Å². The summed E-state index contributed by atoms with van der Waals surface area (Å²) in [4.78, 5) is 13.3. The average molecular weight is 340 g/mol. The van der Waals surface area contributed by atoms with Crippen LogP contribution in [0, 0.1) is 0 Å². The van der Waals surface area contributed by atoms with Crippen molar-refractivity contribution in [3.05, 3.63) is 12.2 Å². The van der Waals surface area contributed by atoms with E-state index in [1.807, 2.05) is 0 Å². The summed E-state index contributed by atoms with van der Waals surface area (Å²) in [6, 6.07) is 0. The number of aliphatic hydroxyl groups is 1. The predicted octanol–water partition coefficient (Wildman–Crippen LogP) is 5.47. The van der Waals surface area contributed by atoms with Crippen LogP contribution in [0.5, 0.6) is 0 Å². The van der Waals surface area contributed by atoms with Crippen LogP contribution in [0.3, 0.4) is 0 Å². The van der Waals surface area contributed by atoms with E-state index in [0.717, 1.165) is 12.8 Å². The number of unbranched alkanes of at least 4 members (excludes halogenated alkanes) is 11. The third-order valence-electron chi connectivity index (χ3n) is 4.51. The fourth-order valence-electron chi connectivity index (χ4n) is 2.81. The van der Waals surface area contributed by atoms with Crippen molar-refractivity contribution in [2.24, 2.45) is 0 Å². The van der Waals surface area contributed by atoms with Gasteiger partial charge in [-0.25, -0.2) is 0 Å². The van der Waals surface area contributed by atoms with Gasteiger partial charge < -0.3 is 10.0 Å². The maximum absolute atomic E-state index is 11.7. The summed E-state index contributed by atoms with van der Waals surface area (Å²) in [6.45, 7) is 2.76. The van der Waals surface area contributed by atoms with Crippen LogP contribution in [0.1, 0.15) is 96.8 Å². The van der Waals surface area contributed by atoms with Gasteiger partial charge in [-0.1, -0.05) is 70.4 Å². The number of nitrogens with zero attached hydrogens (tertiary/aromatic N) is 1. The molecule has 3 heteroatoms. The lowest BCUT2D eigenvalue weighted by molar-refractivity contribution is -0.130. The van der Waals surface area contributed by atoms with Crippen LogP contribution < -0.4 is 0 Å². The van der Waals surface area contributed by atoms with Crippen molar-refractivity contribution in [2.45, 2.75) is 96.8 Å². The van der Waals surface area contributed by atoms with E-state index in [4.69, 9.17) is 5.11 Å². The molecule has 142 valence electrons. The third kappa shape index (κ3) is 16.0. The fourth-order valence-corrected chi connectivity index (χ4v) is 2.81. The number of carbonyl (C=O) groups is 1. The number of allylic oxidation sites excluding steroid dienone is 2. The van der Waals surface area contributed by atoms with Gasteiger partial charge in [0.15, 0.2) is 0 Å². The summed E-state index contributed by atoms with van der Waals surface area (Å²) in [7, 11) is 1.76. The standard InChI is InChI=1S/C21H41NO2/c1-3-4-5-6-7-8-9-10-11-12-13-14-15-16-17-18-21(24)22(2)19-20-23/h10-11,23H,3-9,12-20H2,1-2H3. The van der Waals surface area contributed by atoms with Gasteiger partial charge >= 0.3 is 0 Å². The van der Waals surface area contributed by atoms with Crippen molar-refractivity contribution in [2.75, 3.05) is 20.2 Å². The summed E-state index contributed by atoms with van der Waals surface area (Å²) in [5.41, 5.74) is 0. The monoisotopic (exact) mass is 339 g/mol. The molecule has 0 aromatic carbocycles. The van der Waals surface area contributed by atoms with Gasteiger partial charge in [0.05, 0.1) is 6.61 Å². The maximum Gasteiger partial charge on any atom is 0.222 e. The number of carbonyl (C=O) groups excluding carboxylic acids is 1. The Morgan fingerprint density at radius 2 is 1.33 bits per heavy atom. The second-order valence-electron chi connectivity index (χ2n) is 6.87. The van der Waals surface area contributed by atoms with Crippen molar-refractivity contribution < 1.29 is 9.90 Å².